The highest BCUT2D eigenvalue weighted by Gasteiger charge is 2.31. The fraction of sp³-hybridized carbons (Fsp3) is 0.667. The summed E-state index contributed by atoms with van der Waals surface area (Å²) in [6.45, 7) is 0.857. The van der Waals surface area contributed by atoms with Crippen LogP contribution in [0.2, 0.25) is 0 Å². The minimum atomic E-state index is -0.818. The minimum absolute atomic E-state index is 0.0240. The van der Waals surface area contributed by atoms with Crippen molar-refractivity contribution in [1.82, 2.24) is 19.7 Å². The van der Waals surface area contributed by atoms with Crippen molar-refractivity contribution in [3.8, 4) is 0 Å². The molecule has 3 rings (SSSR count). The first-order valence-corrected chi connectivity index (χ1v) is 7.66. The molecule has 2 heterocycles. The lowest BCUT2D eigenvalue weighted by molar-refractivity contribution is -0.141. The van der Waals surface area contributed by atoms with Gasteiger partial charge in [0.25, 0.3) is 0 Å². The quantitative estimate of drug-likeness (QED) is 0.802. The van der Waals surface area contributed by atoms with Crippen LogP contribution >= 0.6 is 11.8 Å². The number of amides is 1. The van der Waals surface area contributed by atoms with E-state index in [1.165, 1.54) is 11.8 Å². The highest BCUT2D eigenvalue weighted by Crippen LogP contribution is 2.37. The number of hydrogen-bond acceptors (Lipinski definition) is 5. The Labute approximate surface area is 120 Å². The molecule has 1 aliphatic heterocycles. The Morgan fingerprint density at radius 3 is 2.85 bits per heavy atom. The van der Waals surface area contributed by atoms with E-state index >= 15 is 0 Å². The summed E-state index contributed by atoms with van der Waals surface area (Å²) in [5.74, 6) is -0.970. The van der Waals surface area contributed by atoms with Gasteiger partial charge in [0.2, 0.25) is 5.91 Å². The van der Waals surface area contributed by atoms with Gasteiger partial charge in [-0.3, -0.25) is 9.59 Å². The number of hydrogen-bond donors (Lipinski definition) is 1. The van der Waals surface area contributed by atoms with Crippen LogP contribution in [0, 0.1) is 5.92 Å². The Hall–Kier alpha value is -1.57. The number of rotatable bonds is 5. The lowest BCUT2D eigenvalue weighted by Gasteiger charge is -2.15. The molecule has 0 spiro atoms. The summed E-state index contributed by atoms with van der Waals surface area (Å²) in [4.78, 5) is 24.6. The van der Waals surface area contributed by atoms with Gasteiger partial charge in [-0.05, 0) is 19.3 Å². The van der Waals surface area contributed by atoms with Crippen LogP contribution in [-0.4, -0.2) is 55.5 Å². The molecule has 0 bridgehead atoms. The van der Waals surface area contributed by atoms with Gasteiger partial charge in [-0.2, -0.15) is 0 Å². The number of nitrogens with zero attached hydrogens (tertiary/aromatic N) is 4. The zero-order chi connectivity index (χ0) is 14.1. The monoisotopic (exact) mass is 296 g/mol. The van der Waals surface area contributed by atoms with Crippen LogP contribution in [0.5, 0.6) is 0 Å². The molecule has 7 nitrogen and oxygen atoms in total. The van der Waals surface area contributed by atoms with Gasteiger partial charge < -0.3 is 14.6 Å². The van der Waals surface area contributed by atoms with Gasteiger partial charge in [-0.1, -0.05) is 11.8 Å². The first-order chi connectivity index (χ1) is 9.65. The average molecular weight is 296 g/mol. The lowest BCUT2D eigenvalue weighted by atomic mass is 10.1. The number of aliphatic carboxylic acids is 1. The smallest absolute Gasteiger partial charge is 0.308 e. The van der Waals surface area contributed by atoms with Crippen molar-refractivity contribution in [3.63, 3.8) is 0 Å². The molecule has 8 heteroatoms. The predicted octanol–water partition coefficient (Wildman–Crippen LogP) is 0.638. The second-order valence-corrected chi connectivity index (χ2v) is 6.15. The van der Waals surface area contributed by atoms with Crippen molar-refractivity contribution in [1.29, 1.82) is 0 Å². The fourth-order valence-electron chi connectivity index (χ4n) is 2.34. The number of aromatic nitrogens is 3. The number of carboxylic acids is 1. The van der Waals surface area contributed by atoms with Gasteiger partial charge >= 0.3 is 5.97 Å². The van der Waals surface area contributed by atoms with Crippen molar-refractivity contribution >= 4 is 23.6 Å². The molecule has 1 aliphatic carbocycles. The first-order valence-electron chi connectivity index (χ1n) is 6.68. The molecular weight excluding hydrogens is 280 g/mol. The van der Waals surface area contributed by atoms with Crippen molar-refractivity contribution in [2.75, 3.05) is 18.8 Å². The zero-order valence-electron chi connectivity index (χ0n) is 10.9. The van der Waals surface area contributed by atoms with E-state index in [2.05, 4.69) is 10.2 Å². The predicted molar refractivity (Wildman–Crippen MR) is 71.3 cm³/mol. The van der Waals surface area contributed by atoms with Crippen LogP contribution in [0.15, 0.2) is 11.5 Å². The maximum atomic E-state index is 12.1. The summed E-state index contributed by atoms with van der Waals surface area (Å²) in [7, 11) is 0. The van der Waals surface area contributed by atoms with Gasteiger partial charge in [-0.15, -0.1) is 10.2 Å². The molecule has 2 fully saturated rings. The van der Waals surface area contributed by atoms with Crippen LogP contribution in [0.25, 0.3) is 0 Å². The van der Waals surface area contributed by atoms with Gasteiger partial charge in [0.15, 0.2) is 5.16 Å². The Balaban J connectivity index is 1.52. The number of likely N-dealkylation sites (tertiary alicyclic amines) is 1. The maximum Gasteiger partial charge on any atom is 0.308 e. The molecule has 108 valence electrons. The van der Waals surface area contributed by atoms with E-state index in [0.717, 1.165) is 18.0 Å². The normalized spacial score (nSPS) is 22.2. The molecule has 1 unspecified atom stereocenters. The second-order valence-electron chi connectivity index (χ2n) is 5.20. The molecule has 1 aromatic heterocycles. The van der Waals surface area contributed by atoms with Crippen molar-refractivity contribution < 1.29 is 14.7 Å². The molecule has 20 heavy (non-hydrogen) atoms. The number of carbonyl (C=O) groups excluding carboxylic acids is 1. The molecule has 1 aromatic rings. The van der Waals surface area contributed by atoms with Crippen molar-refractivity contribution in [2.45, 2.75) is 30.5 Å². The Bertz CT molecular complexity index is 529. The van der Waals surface area contributed by atoms with E-state index in [-0.39, 0.29) is 11.7 Å². The number of carboxylic acid groups (broad SMARTS) is 1. The van der Waals surface area contributed by atoms with Gasteiger partial charge in [0.1, 0.15) is 6.33 Å². The molecular formula is C12H16N4O3S. The fourth-order valence-corrected chi connectivity index (χ4v) is 3.23. The van der Waals surface area contributed by atoms with Crippen LogP contribution in [0.4, 0.5) is 0 Å². The topological polar surface area (TPSA) is 88.3 Å². The van der Waals surface area contributed by atoms with E-state index < -0.39 is 11.9 Å². The minimum Gasteiger partial charge on any atom is -0.481 e. The SMILES string of the molecule is O=C(O)C1CCN(C(=O)CSc2nncn2C2CC2)C1. The van der Waals surface area contributed by atoms with Crippen molar-refractivity contribution in [3.05, 3.63) is 6.33 Å². The molecule has 1 amide bonds. The summed E-state index contributed by atoms with van der Waals surface area (Å²) >= 11 is 1.38. The number of carbonyl (C=O) groups is 2. The molecule has 1 saturated heterocycles. The Morgan fingerprint density at radius 1 is 1.40 bits per heavy atom. The van der Waals surface area contributed by atoms with E-state index in [1.54, 1.807) is 11.2 Å². The summed E-state index contributed by atoms with van der Waals surface area (Å²) in [6, 6.07) is 0.491. The van der Waals surface area contributed by atoms with E-state index in [4.69, 9.17) is 5.11 Å². The summed E-state index contributed by atoms with van der Waals surface area (Å²) in [6.07, 6.45) is 4.54. The van der Waals surface area contributed by atoms with Gasteiger partial charge in [0, 0.05) is 19.1 Å². The van der Waals surface area contributed by atoms with Gasteiger partial charge in [0.05, 0.1) is 11.7 Å². The number of thioether (sulfide) groups is 1. The third-order valence-electron chi connectivity index (χ3n) is 3.70. The molecule has 2 aliphatic rings. The highest BCUT2D eigenvalue weighted by molar-refractivity contribution is 7.99. The van der Waals surface area contributed by atoms with E-state index in [9.17, 15) is 9.59 Å². The second kappa shape index (κ2) is 5.43. The average Bonchev–Trinajstić information content (AvgIpc) is 2.97. The van der Waals surface area contributed by atoms with Gasteiger partial charge in [-0.25, -0.2) is 0 Å². The molecule has 1 saturated carbocycles. The summed E-state index contributed by atoms with van der Waals surface area (Å²) < 4.78 is 2.02. The molecule has 0 aromatic carbocycles. The molecule has 1 N–H and O–H groups in total. The Morgan fingerprint density at radius 2 is 2.20 bits per heavy atom. The standard InChI is InChI=1S/C12H16N4O3S/c17-10(15-4-3-8(5-15)11(18)19)6-20-12-14-13-7-16(12)9-1-2-9/h7-9H,1-6H2,(H,18,19). The van der Waals surface area contributed by atoms with Crippen LogP contribution in [0.3, 0.4) is 0 Å². The molecule has 0 radical (unpaired) electrons. The van der Waals surface area contributed by atoms with Crippen molar-refractivity contribution in [2.24, 2.45) is 5.92 Å². The van der Waals surface area contributed by atoms with Crippen LogP contribution < -0.4 is 0 Å². The zero-order valence-corrected chi connectivity index (χ0v) is 11.8. The largest absolute Gasteiger partial charge is 0.481 e. The lowest BCUT2D eigenvalue weighted by Crippen LogP contribution is -2.31. The third-order valence-corrected chi connectivity index (χ3v) is 4.64. The van der Waals surface area contributed by atoms with Crippen LogP contribution in [-0.2, 0) is 9.59 Å². The van der Waals surface area contributed by atoms with E-state index in [0.29, 0.717) is 25.6 Å². The highest BCUT2D eigenvalue weighted by atomic mass is 32.2. The van der Waals surface area contributed by atoms with E-state index in [1.807, 2.05) is 4.57 Å². The summed E-state index contributed by atoms with van der Waals surface area (Å²) in [5, 5.41) is 17.6. The maximum absolute atomic E-state index is 12.1. The first kappa shape index (κ1) is 13.4. The summed E-state index contributed by atoms with van der Waals surface area (Å²) in [5.41, 5.74) is 0. The third kappa shape index (κ3) is 2.79. The Kier molecular flexibility index (Phi) is 3.64. The van der Waals surface area contributed by atoms with Crippen LogP contribution in [0.1, 0.15) is 25.3 Å². The molecule has 1 atom stereocenters.